The minimum Gasteiger partial charge on any atom is -0.497 e. The summed E-state index contributed by atoms with van der Waals surface area (Å²) in [5, 5.41) is 16.9. The van der Waals surface area contributed by atoms with Crippen LogP contribution in [0.5, 0.6) is 5.75 Å². The number of rotatable bonds is 8. The molecule has 7 heteroatoms. The lowest BCUT2D eigenvalue weighted by molar-refractivity contribution is 0.0841. The number of hydrogen-bond acceptors (Lipinski definition) is 6. The van der Waals surface area contributed by atoms with Crippen LogP contribution in [-0.4, -0.2) is 68.0 Å². The Morgan fingerprint density at radius 2 is 2.00 bits per heavy atom. The van der Waals surface area contributed by atoms with Crippen molar-refractivity contribution >= 4 is 11.6 Å². The summed E-state index contributed by atoms with van der Waals surface area (Å²) in [7, 11) is 1.59. The molecule has 1 atom stereocenters. The Kier molecular flexibility index (Phi) is 7.63. The number of carbonyl (C=O) groups excluding carboxylic acids is 1. The highest BCUT2D eigenvalue weighted by Gasteiger charge is 2.20. The summed E-state index contributed by atoms with van der Waals surface area (Å²) < 4.78 is 10.8. The molecule has 1 unspecified atom stereocenters. The van der Waals surface area contributed by atoms with Crippen LogP contribution in [0.1, 0.15) is 34.3 Å². The van der Waals surface area contributed by atoms with Gasteiger partial charge < -0.3 is 25.2 Å². The van der Waals surface area contributed by atoms with Crippen molar-refractivity contribution in [1.82, 2.24) is 10.2 Å². The number of ether oxygens (including phenoxy) is 2. The number of anilines is 1. The molecule has 2 aliphatic rings. The SMILES string of the molecule is COc1cc(NC2CCOCC2)cc(C(=O)NCC(O)CN2CCc3ccccc3C2)c1. The molecule has 2 aliphatic heterocycles. The monoisotopic (exact) mass is 439 g/mol. The summed E-state index contributed by atoms with van der Waals surface area (Å²) in [4.78, 5) is 15.0. The zero-order valence-corrected chi connectivity index (χ0v) is 18.7. The van der Waals surface area contributed by atoms with Crippen molar-refractivity contribution in [2.24, 2.45) is 0 Å². The average Bonchev–Trinajstić information content (AvgIpc) is 2.83. The van der Waals surface area contributed by atoms with Crippen LogP contribution in [0.25, 0.3) is 0 Å². The van der Waals surface area contributed by atoms with Crippen molar-refractivity contribution in [2.45, 2.75) is 38.0 Å². The molecule has 0 bridgehead atoms. The summed E-state index contributed by atoms with van der Waals surface area (Å²) in [6.07, 6.45) is 2.23. The van der Waals surface area contributed by atoms with Crippen molar-refractivity contribution in [3.8, 4) is 5.75 Å². The van der Waals surface area contributed by atoms with Gasteiger partial charge in [-0.05, 0) is 42.5 Å². The van der Waals surface area contributed by atoms with Gasteiger partial charge in [0.2, 0.25) is 0 Å². The maximum atomic E-state index is 12.8. The largest absolute Gasteiger partial charge is 0.497 e. The van der Waals surface area contributed by atoms with Gasteiger partial charge in [-0.25, -0.2) is 0 Å². The smallest absolute Gasteiger partial charge is 0.251 e. The number of aliphatic hydroxyl groups excluding tert-OH is 1. The van der Waals surface area contributed by atoms with E-state index in [-0.39, 0.29) is 12.5 Å². The number of methoxy groups -OCH3 is 1. The van der Waals surface area contributed by atoms with E-state index < -0.39 is 6.10 Å². The van der Waals surface area contributed by atoms with E-state index in [0.29, 0.717) is 23.9 Å². The lowest BCUT2D eigenvalue weighted by atomic mass is 10.00. The van der Waals surface area contributed by atoms with Gasteiger partial charge in [0, 0.05) is 62.8 Å². The Hall–Kier alpha value is -2.61. The normalized spacial score (nSPS) is 17.9. The molecule has 1 saturated heterocycles. The van der Waals surface area contributed by atoms with Gasteiger partial charge in [0.15, 0.2) is 0 Å². The molecule has 1 amide bonds. The second-order valence-electron chi connectivity index (χ2n) is 8.60. The predicted octanol–water partition coefficient (Wildman–Crippen LogP) is 2.44. The first-order valence-corrected chi connectivity index (χ1v) is 11.4. The summed E-state index contributed by atoms with van der Waals surface area (Å²) in [6, 6.07) is 14.2. The van der Waals surface area contributed by atoms with E-state index in [9.17, 15) is 9.90 Å². The van der Waals surface area contributed by atoms with Gasteiger partial charge in [0.1, 0.15) is 5.75 Å². The highest BCUT2D eigenvalue weighted by molar-refractivity contribution is 5.95. The zero-order chi connectivity index (χ0) is 22.3. The minimum atomic E-state index is -0.630. The topological polar surface area (TPSA) is 83.1 Å². The molecule has 172 valence electrons. The van der Waals surface area contributed by atoms with Crippen LogP contribution in [0.3, 0.4) is 0 Å². The van der Waals surface area contributed by atoms with E-state index in [0.717, 1.165) is 51.3 Å². The van der Waals surface area contributed by atoms with Crippen LogP contribution in [0.15, 0.2) is 42.5 Å². The highest BCUT2D eigenvalue weighted by Crippen LogP contribution is 2.23. The van der Waals surface area contributed by atoms with Crippen LogP contribution < -0.4 is 15.4 Å². The van der Waals surface area contributed by atoms with Gasteiger partial charge in [-0.15, -0.1) is 0 Å². The lowest BCUT2D eigenvalue weighted by Crippen LogP contribution is -2.42. The molecular weight excluding hydrogens is 406 g/mol. The quantitative estimate of drug-likeness (QED) is 0.586. The Balaban J connectivity index is 1.30. The van der Waals surface area contributed by atoms with Gasteiger partial charge >= 0.3 is 0 Å². The number of benzene rings is 2. The van der Waals surface area contributed by atoms with Gasteiger partial charge in [-0.1, -0.05) is 24.3 Å². The second kappa shape index (κ2) is 10.8. The average molecular weight is 440 g/mol. The first kappa shape index (κ1) is 22.6. The minimum absolute atomic E-state index is 0.205. The fourth-order valence-electron chi connectivity index (χ4n) is 4.39. The van der Waals surface area contributed by atoms with Gasteiger partial charge in [0.25, 0.3) is 5.91 Å². The molecule has 0 radical (unpaired) electrons. The number of hydrogen-bond donors (Lipinski definition) is 3. The van der Waals surface area contributed by atoms with Gasteiger partial charge in [-0.2, -0.15) is 0 Å². The number of amides is 1. The first-order valence-electron chi connectivity index (χ1n) is 11.4. The molecule has 2 aromatic rings. The second-order valence-corrected chi connectivity index (χ2v) is 8.60. The Morgan fingerprint density at radius 1 is 1.22 bits per heavy atom. The Bertz CT molecular complexity index is 914. The van der Waals surface area contributed by atoms with E-state index in [1.165, 1.54) is 11.1 Å². The summed E-state index contributed by atoms with van der Waals surface area (Å²) >= 11 is 0. The van der Waals surface area contributed by atoms with Gasteiger partial charge in [-0.3, -0.25) is 9.69 Å². The number of nitrogens with zero attached hydrogens (tertiary/aromatic N) is 1. The van der Waals surface area contributed by atoms with Crippen LogP contribution in [0.4, 0.5) is 5.69 Å². The van der Waals surface area contributed by atoms with Crippen molar-refractivity contribution in [3.63, 3.8) is 0 Å². The van der Waals surface area contributed by atoms with Crippen molar-refractivity contribution < 1.29 is 19.4 Å². The third-order valence-electron chi connectivity index (χ3n) is 6.17. The van der Waals surface area contributed by atoms with Crippen LogP contribution >= 0.6 is 0 Å². The number of carbonyl (C=O) groups is 1. The molecule has 2 aromatic carbocycles. The van der Waals surface area contributed by atoms with E-state index in [2.05, 4.69) is 39.8 Å². The number of aliphatic hydroxyl groups is 1. The zero-order valence-electron chi connectivity index (χ0n) is 18.7. The molecule has 2 heterocycles. The summed E-state index contributed by atoms with van der Waals surface area (Å²) in [5.74, 6) is 0.404. The molecule has 0 aromatic heterocycles. The van der Waals surface area contributed by atoms with E-state index in [1.54, 1.807) is 13.2 Å². The Morgan fingerprint density at radius 3 is 2.78 bits per heavy atom. The molecule has 3 N–H and O–H groups in total. The fraction of sp³-hybridized carbons (Fsp3) is 0.480. The first-order chi connectivity index (χ1) is 15.6. The molecule has 0 aliphatic carbocycles. The van der Waals surface area contributed by atoms with E-state index in [1.807, 2.05) is 12.1 Å². The number of β-amino-alcohol motifs (C(OH)–C–C–N with tert-alkyl or cyclic N) is 1. The molecule has 0 saturated carbocycles. The van der Waals surface area contributed by atoms with Crippen molar-refractivity contribution in [1.29, 1.82) is 0 Å². The maximum Gasteiger partial charge on any atom is 0.251 e. The third-order valence-corrected chi connectivity index (χ3v) is 6.17. The molecule has 4 rings (SSSR count). The van der Waals surface area contributed by atoms with Crippen molar-refractivity contribution in [3.05, 3.63) is 59.2 Å². The van der Waals surface area contributed by atoms with E-state index >= 15 is 0 Å². The van der Waals surface area contributed by atoms with Crippen LogP contribution in [0.2, 0.25) is 0 Å². The Labute approximate surface area is 189 Å². The third kappa shape index (κ3) is 6.00. The molecule has 7 nitrogen and oxygen atoms in total. The van der Waals surface area contributed by atoms with Gasteiger partial charge in [0.05, 0.1) is 13.2 Å². The summed E-state index contributed by atoms with van der Waals surface area (Å²) in [5.41, 5.74) is 4.07. The molecule has 32 heavy (non-hydrogen) atoms. The number of nitrogens with one attached hydrogen (secondary N) is 2. The fourth-order valence-corrected chi connectivity index (χ4v) is 4.39. The lowest BCUT2D eigenvalue weighted by Gasteiger charge is -2.30. The maximum absolute atomic E-state index is 12.8. The standard InChI is InChI=1S/C25H33N3O4/c1-31-24-13-20(12-22(14-24)27-21-7-10-32-11-8-21)25(30)26-15-23(29)17-28-9-6-18-4-2-3-5-19(18)16-28/h2-5,12-14,21,23,27,29H,6-11,15-17H2,1H3,(H,26,30). The molecule has 1 fully saturated rings. The highest BCUT2D eigenvalue weighted by atomic mass is 16.5. The van der Waals surface area contributed by atoms with Crippen molar-refractivity contribution in [2.75, 3.05) is 45.3 Å². The van der Waals surface area contributed by atoms with E-state index in [4.69, 9.17) is 9.47 Å². The van der Waals surface area contributed by atoms with Crippen LogP contribution in [-0.2, 0) is 17.7 Å². The molecule has 0 spiro atoms. The number of fused-ring (bicyclic) bond motifs is 1. The molecular formula is C25H33N3O4. The van der Waals surface area contributed by atoms with Crippen LogP contribution in [0, 0.1) is 0 Å². The summed E-state index contributed by atoms with van der Waals surface area (Å²) in [6.45, 7) is 3.97. The predicted molar refractivity (Wildman–Crippen MR) is 124 cm³/mol.